The topological polar surface area (TPSA) is 35.8 Å². The average Bonchev–Trinajstić information content (AvgIpc) is 2.47. The van der Waals surface area contributed by atoms with E-state index in [0.29, 0.717) is 0 Å². The summed E-state index contributed by atoms with van der Waals surface area (Å²) in [5.41, 5.74) is 1.91. The normalized spacial score (nSPS) is 12.7. The number of nitrogens with zero attached hydrogens (tertiary/aromatic N) is 1. The van der Waals surface area contributed by atoms with E-state index in [2.05, 4.69) is 37.4 Å². The fourth-order valence-electron chi connectivity index (χ4n) is 2.13. The molecule has 0 heterocycles. The smallest absolute Gasteiger partial charge is 0.122 e. The van der Waals surface area contributed by atoms with E-state index in [4.69, 9.17) is 0 Å². The van der Waals surface area contributed by atoms with Crippen LogP contribution in [0.1, 0.15) is 31.0 Å². The van der Waals surface area contributed by atoms with Gasteiger partial charge in [-0.15, -0.1) is 0 Å². The minimum absolute atomic E-state index is 0.252. The number of hydrogen-bond acceptors (Lipinski definition) is 2. The molecule has 0 saturated carbocycles. The monoisotopic (exact) mass is 250 g/mol. The highest BCUT2D eigenvalue weighted by atomic mass is 15.0. The van der Waals surface area contributed by atoms with Crippen molar-refractivity contribution < 1.29 is 0 Å². The Morgan fingerprint density at radius 2 is 1.47 bits per heavy atom. The van der Waals surface area contributed by atoms with E-state index >= 15 is 0 Å². The first kappa shape index (κ1) is 13.3. The van der Waals surface area contributed by atoms with Crippen molar-refractivity contribution in [3.8, 4) is 6.07 Å². The molecule has 0 aliphatic rings. The van der Waals surface area contributed by atoms with Gasteiger partial charge in [-0.05, 0) is 25.0 Å². The van der Waals surface area contributed by atoms with Gasteiger partial charge >= 0.3 is 0 Å². The Kier molecular flexibility index (Phi) is 3.99. The highest BCUT2D eigenvalue weighted by Crippen LogP contribution is 2.24. The molecule has 2 aromatic rings. The maximum absolute atomic E-state index is 9.38. The molecule has 1 atom stereocenters. The number of hydrogen-bond donors (Lipinski definition) is 1. The summed E-state index contributed by atoms with van der Waals surface area (Å²) in [6.07, 6.45) is 0. The Labute approximate surface area is 114 Å². The lowest BCUT2D eigenvalue weighted by Gasteiger charge is -2.29. The molecule has 2 aromatic carbocycles. The van der Waals surface area contributed by atoms with Crippen LogP contribution in [-0.2, 0) is 5.54 Å². The van der Waals surface area contributed by atoms with Crippen molar-refractivity contribution in [2.45, 2.75) is 25.4 Å². The van der Waals surface area contributed by atoms with Crippen LogP contribution < -0.4 is 5.32 Å². The summed E-state index contributed by atoms with van der Waals surface area (Å²) in [6.45, 7) is 4.19. The summed E-state index contributed by atoms with van der Waals surface area (Å²) < 4.78 is 0. The number of benzene rings is 2. The van der Waals surface area contributed by atoms with Crippen LogP contribution in [0.5, 0.6) is 0 Å². The van der Waals surface area contributed by atoms with Crippen LogP contribution in [-0.4, -0.2) is 0 Å². The van der Waals surface area contributed by atoms with Gasteiger partial charge in [0.25, 0.3) is 0 Å². The Morgan fingerprint density at radius 3 is 2.00 bits per heavy atom. The van der Waals surface area contributed by atoms with Crippen LogP contribution in [0.15, 0.2) is 60.7 Å². The molecule has 2 nitrogen and oxygen atoms in total. The first-order chi connectivity index (χ1) is 9.13. The summed E-state index contributed by atoms with van der Waals surface area (Å²) >= 11 is 0. The number of nitriles is 1. The van der Waals surface area contributed by atoms with Gasteiger partial charge in [0.05, 0.1) is 6.07 Å². The molecule has 2 heteroatoms. The van der Waals surface area contributed by atoms with E-state index in [-0.39, 0.29) is 11.6 Å². The highest BCUT2D eigenvalue weighted by molar-refractivity contribution is 5.28. The molecule has 0 fully saturated rings. The van der Waals surface area contributed by atoms with Crippen molar-refractivity contribution in [2.24, 2.45) is 0 Å². The van der Waals surface area contributed by atoms with E-state index in [1.54, 1.807) is 0 Å². The summed E-state index contributed by atoms with van der Waals surface area (Å²) in [6, 6.07) is 22.0. The van der Waals surface area contributed by atoms with Gasteiger partial charge in [-0.25, -0.2) is 0 Å². The van der Waals surface area contributed by atoms with Gasteiger partial charge in [0.2, 0.25) is 0 Å². The fraction of sp³-hybridized carbons (Fsp3) is 0.235. The first-order valence-corrected chi connectivity index (χ1v) is 6.41. The second-order valence-electron chi connectivity index (χ2n) is 5.11. The maximum Gasteiger partial charge on any atom is 0.122 e. The van der Waals surface area contributed by atoms with Gasteiger partial charge in [0.1, 0.15) is 6.04 Å². The molecule has 0 amide bonds. The lowest BCUT2D eigenvalue weighted by atomic mass is 9.92. The molecule has 1 N–H and O–H groups in total. The summed E-state index contributed by atoms with van der Waals surface area (Å²) in [5.74, 6) is 0. The molecule has 19 heavy (non-hydrogen) atoms. The third-order valence-electron chi connectivity index (χ3n) is 3.26. The zero-order chi connectivity index (χ0) is 13.7. The van der Waals surface area contributed by atoms with Crippen molar-refractivity contribution in [3.05, 3.63) is 71.8 Å². The third-order valence-corrected chi connectivity index (χ3v) is 3.26. The summed E-state index contributed by atoms with van der Waals surface area (Å²) in [5, 5.41) is 12.8. The first-order valence-electron chi connectivity index (χ1n) is 6.41. The minimum atomic E-state index is -0.309. The lowest BCUT2D eigenvalue weighted by Crippen LogP contribution is -2.38. The van der Waals surface area contributed by atoms with Crippen molar-refractivity contribution >= 4 is 0 Å². The molecular weight excluding hydrogens is 232 g/mol. The van der Waals surface area contributed by atoms with Crippen LogP contribution in [0, 0.1) is 11.3 Å². The quantitative estimate of drug-likeness (QED) is 0.896. The SMILES string of the molecule is CC(C)(NC(C#N)c1ccccc1)c1ccccc1. The second kappa shape index (κ2) is 5.69. The van der Waals surface area contributed by atoms with E-state index in [9.17, 15) is 5.26 Å². The molecule has 0 spiro atoms. The van der Waals surface area contributed by atoms with Gasteiger partial charge in [-0.2, -0.15) is 5.26 Å². The van der Waals surface area contributed by atoms with Gasteiger partial charge in [0.15, 0.2) is 0 Å². The van der Waals surface area contributed by atoms with Crippen molar-refractivity contribution in [2.75, 3.05) is 0 Å². The molecule has 96 valence electrons. The summed E-state index contributed by atoms with van der Waals surface area (Å²) in [7, 11) is 0. The van der Waals surface area contributed by atoms with Crippen molar-refractivity contribution in [1.82, 2.24) is 5.32 Å². The lowest BCUT2D eigenvalue weighted by molar-refractivity contribution is 0.379. The number of nitrogens with one attached hydrogen (secondary N) is 1. The van der Waals surface area contributed by atoms with Crippen molar-refractivity contribution in [3.63, 3.8) is 0 Å². The molecule has 0 bridgehead atoms. The Morgan fingerprint density at radius 1 is 0.947 bits per heavy atom. The van der Waals surface area contributed by atoms with Crippen LogP contribution in [0.25, 0.3) is 0 Å². The molecule has 0 radical (unpaired) electrons. The largest absolute Gasteiger partial charge is 0.289 e. The molecule has 0 aliphatic heterocycles. The van der Waals surface area contributed by atoms with Gasteiger partial charge in [-0.1, -0.05) is 60.7 Å². The Bertz CT molecular complexity index is 553. The van der Waals surface area contributed by atoms with Gasteiger partial charge < -0.3 is 0 Å². The zero-order valence-electron chi connectivity index (χ0n) is 11.3. The molecule has 0 aliphatic carbocycles. The van der Waals surface area contributed by atoms with E-state index in [0.717, 1.165) is 5.56 Å². The molecule has 2 rings (SSSR count). The van der Waals surface area contributed by atoms with Crippen LogP contribution in [0.3, 0.4) is 0 Å². The average molecular weight is 250 g/mol. The molecule has 0 saturated heterocycles. The zero-order valence-corrected chi connectivity index (χ0v) is 11.3. The molecule has 0 aromatic heterocycles. The van der Waals surface area contributed by atoms with E-state index in [1.807, 2.05) is 48.5 Å². The van der Waals surface area contributed by atoms with Crippen LogP contribution in [0.2, 0.25) is 0 Å². The van der Waals surface area contributed by atoms with E-state index < -0.39 is 0 Å². The predicted octanol–water partition coefficient (Wildman–Crippen LogP) is 3.78. The third kappa shape index (κ3) is 3.21. The van der Waals surface area contributed by atoms with E-state index in [1.165, 1.54) is 5.56 Å². The maximum atomic E-state index is 9.38. The summed E-state index contributed by atoms with van der Waals surface area (Å²) in [4.78, 5) is 0. The van der Waals surface area contributed by atoms with Crippen LogP contribution >= 0.6 is 0 Å². The predicted molar refractivity (Wildman–Crippen MR) is 77.4 cm³/mol. The molecular formula is C17H18N2. The molecule has 1 unspecified atom stereocenters. The Balaban J connectivity index is 2.22. The minimum Gasteiger partial charge on any atom is -0.289 e. The standard InChI is InChI=1S/C17H18N2/c1-17(2,15-11-7-4-8-12-15)19-16(13-18)14-9-5-3-6-10-14/h3-12,16,19H,1-2H3. The second-order valence-corrected chi connectivity index (χ2v) is 5.11. The fourth-order valence-corrected chi connectivity index (χ4v) is 2.13. The number of rotatable bonds is 4. The Hall–Kier alpha value is -2.11. The highest BCUT2D eigenvalue weighted by Gasteiger charge is 2.24. The van der Waals surface area contributed by atoms with Gasteiger partial charge in [-0.3, -0.25) is 5.32 Å². The van der Waals surface area contributed by atoms with Crippen LogP contribution in [0.4, 0.5) is 0 Å². The van der Waals surface area contributed by atoms with Crippen molar-refractivity contribution in [1.29, 1.82) is 5.26 Å². The van der Waals surface area contributed by atoms with Gasteiger partial charge in [0, 0.05) is 5.54 Å².